The second kappa shape index (κ2) is 4.51. The summed E-state index contributed by atoms with van der Waals surface area (Å²) in [5.41, 5.74) is 2.80. The first kappa shape index (κ1) is 11.9. The maximum atomic E-state index is 5.86. The molecule has 3 aromatic rings. The van der Waals surface area contributed by atoms with Crippen LogP contribution in [0.15, 0.2) is 24.4 Å². The Morgan fingerprint density at radius 2 is 1.84 bits per heavy atom. The first-order chi connectivity index (χ1) is 9.11. The third kappa shape index (κ3) is 2.37. The summed E-state index contributed by atoms with van der Waals surface area (Å²) < 4.78 is 5.80. The van der Waals surface area contributed by atoms with E-state index in [9.17, 15) is 0 Å². The molecule has 3 rings (SSSR count). The Morgan fingerprint density at radius 1 is 1.11 bits per heavy atom. The molecule has 0 spiro atoms. The van der Waals surface area contributed by atoms with E-state index < -0.39 is 0 Å². The zero-order chi connectivity index (χ0) is 13.4. The fourth-order valence-electron chi connectivity index (χ4n) is 1.96. The lowest BCUT2D eigenvalue weighted by Gasteiger charge is -2.07. The van der Waals surface area contributed by atoms with Gasteiger partial charge in [-0.2, -0.15) is 15.1 Å². The van der Waals surface area contributed by atoms with Crippen LogP contribution in [-0.2, 0) is 0 Å². The molecule has 1 aromatic carbocycles. The molecule has 0 aliphatic heterocycles. The van der Waals surface area contributed by atoms with Crippen molar-refractivity contribution in [3.63, 3.8) is 0 Å². The van der Waals surface area contributed by atoms with Crippen molar-refractivity contribution in [2.75, 3.05) is 0 Å². The van der Waals surface area contributed by atoms with Gasteiger partial charge in [0.05, 0.1) is 6.20 Å². The molecule has 0 bridgehead atoms. The van der Waals surface area contributed by atoms with Crippen LogP contribution >= 0.6 is 11.6 Å². The molecule has 2 aromatic heterocycles. The predicted molar refractivity (Wildman–Crippen MR) is 72.7 cm³/mol. The summed E-state index contributed by atoms with van der Waals surface area (Å²) >= 11 is 5.86. The van der Waals surface area contributed by atoms with E-state index in [1.54, 1.807) is 6.20 Å². The van der Waals surface area contributed by atoms with Crippen molar-refractivity contribution in [3.05, 3.63) is 40.8 Å². The van der Waals surface area contributed by atoms with Crippen LogP contribution in [0.2, 0.25) is 5.28 Å². The summed E-state index contributed by atoms with van der Waals surface area (Å²) in [5, 5.41) is 7.48. The van der Waals surface area contributed by atoms with Gasteiger partial charge in [0.15, 0.2) is 5.65 Å². The topological polar surface area (TPSA) is 63.7 Å². The van der Waals surface area contributed by atoms with E-state index in [2.05, 4.69) is 26.2 Å². The summed E-state index contributed by atoms with van der Waals surface area (Å²) in [6, 6.07) is 5.96. The summed E-state index contributed by atoms with van der Waals surface area (Å²) in [6.45, 7) is 4.03. The van der Waals surface area contributed by atoms with Gasteiger partial charge in [0.2, 0.25) is 11.2 Å². The Balaban J connectivity index is 2.07. The molecule has 19 heavy (non-hydrogen) atoms. The van der Waals surface area contributed by atoms with Crippen molar-refractivity contribution in [2.24, 2.45) is 0 Å². The van der Waals surface area contributed by atoms with Gasteiger partial charge in [-0.1, -0.05) is 6.07 Å². The van der Waals surface area contributed by atoms with E-state index in [4.69, 9.17) is 16.3 Å². The normalized spacial score (nSPS) is 10.9. The maximum absolute atomic E-state index is 5.86. The molecule has 1 N–H and O–H groups in total. The summed E-state index contributed by atoms with van der Waals surface area (Å²) in [6.07, 6.45) is 1.61. The van der Waals surface area contributed by atoms with Crippen molar-refractivity contribution in [1.82, 2.24) is 20.2 Å². The van der Waals surface area contributed by atoms with Gasteiger partial charge in [0.25, 0.3) is 0 Å². The van der Waals surface area contributed by atoms with E-state index in [1.165, 1.54) is 0 Å². The minimum Gasteiger partial charge on any atom is -0.438 e. The molecule has 0 aliphatic rings. The number of aromatic nitrogens is 4. The highest BCUT2D eigenvalue weighted by molar-refractivity contribution is 6.28. The van der Waals surface area contributed by atoms with Crippen LogP contribution in [0.4, 0.5) is 0 Å². The smallest absolute Gasteiger partial charge is 0.234 e. The van der Waals surface area contributed by atoms with Crippen molar-refractivity contribution < 1.29 is 4.74 Å². The summed E-state index contributed by atoms with van der Waals surface area (Å²) in [4.78, 5) is 8.13. The molecule has 96 valence electrons. The Hall–Kier alpha value is -2.14. The number of aromatic amines is 1. The standard InChI is InChI=1S/C13H11ClN4O/c1-7-3-8(2)5-9(4-7)19-12-10-6-15-18-11(10)16-13(14)17-12/h3-6H,1-2H3,(H,15,16,17,18). The number of hydrogen-bond acceptors (Lipinski definition) is 4. The van der Waals surface area contributed by atoms with E-state index in [1.807, 2.05) is 26.0 Å². The van der Waals surface area contributed by atoms with E-state index in [0.29, 0.717) is 16.9 Å². The quantitative estimate of drug-likeness (QED) is 0.727. The number of nitrogens with zero attached hydrogens (tertiary/aromatic N) is 3. The zero-order valence-corrected chi connectivity index (χ0v) is 11.2. The first-order valence-electron chi connectivity index (χ1n) is 5.74. The lowest BCUT2D eigenvalue weighted by Crippen LogP contribution is -1.93. The van der Waals surface area contributed by atoms with Crippen LogP contribution < -0.4 is 4.74 Å². The summed E-state index contributed by atoms with van der Waals surface area (Å²) in [5.74, 6) is 1.11. The van der Waals surface area contributed by atoms with E-state index >= 15 is 0 Å². The predicted octanol–water partition coefficient (Wildman–Crippen LogP) is 3.42. The lowest BCUT2D eigenvalue weighted by molar-refractivity contribution is 0.467. The molecule has 0 amide bonds. The molecule has 0 atom stereocenters. The number of hydrogen-bond donors (Lipinski definition) is 1. The average Bonchev–Trinajstić information content (AvgIpc) is 2.75. The average molecular weight is 275 g/mol. The highest BCUT2D eigenvalue weighted by atomic mass is 35.5. The number of rotatable bonds is 2. The highest BCUT2D eigenvalue weighted by Crippen LogP contribution is 2.28. The molecular formula is C13H11ClN4O. The fraction of sp³-hybridized carbons (Fsp3) is 0.154. The second-order valence-electron chi connectivity index (χ2n) is 4.36. The van der Waals surface area contributed by atoms with Gasteiger partial charge < -0.3 is 4.74 Å². The van der Waals surface area contributed by atoms with Gasteiger partial charge in [-0.25, -0.2) is 0 Å². The molecular weight excluding hydrogens is 264 g/mol. The molecule has 0 unspecified atom stereocenters. The SMILES string of the molecule is Cc1cc(C)cc(Oc2nc(Cl)nc3[nH]ncc23)c1. The monoisotopic (exact) mass is 274 g/mol. The molecule has 0 saturated heterocycles. The molecule has 6 heteroatoms. The summed E-state index contributed by atoms with van der Waals surface area (Å²) in [7, 11) is 0. The third-order valence-corrected chi connectivity index (χ3v) is 2.83. The van der Waals surface area contributed by atoms with E-state index in [0.717, 1.165) is 16.9 Å². The van der Waals surface area contributed by atoms with Crippen LogP contribution in [0.25, 0.3) is 11.0 Å². The van der Waals surface area contributed by atoms with Crippen molar-refractivity contribution >= 4 is 22.6 Å². The second-order valence-corrected chi connectivity index (χ2v) is 4.69. The minimum absolute atomic E-state index is 0.121. The van der Waals surface area contributed by atoms with Gasteiger partial charge in [0, 0.05) is 0 Å². The van der Waals surface area contributed by atoms with Gasteiger partial charge in [-0.3, -0.25) is 5.10 Å². The van der Waals surface area contributed by atoms with E-state index in [-0.39, 0.29) is 5.28 Å². The van der Waals surface area contributed by atoms with Gasteiger partial charge >= 0.3 is 0 Å². The molecule has 0 radical (unpaired) electrons. The van der Waals surface area contributed by atoms with Crippen LogP contribution in [0.3, 0.4) is 0 Å². The molecule has 2 heterocycles. The molecule has 0 aliphatic carbocycles. The lowest BCUT2D eigenvalue weighted by atomic mass is 10.1. The molecule has 0 fully saturated rings. The van der Waals surface area contributed by atoms with Crippen LogP contribution in [0.1, 0.15) is 11.1 Å². The van der Waals surface area contributed by atoms with Crippen molar-refractivity contribution in [2.45, 2.75) is 13.8 Å². The zero-order valence-electron chi connectivity index (χ0n) is 10.4. The number of H-pyrrole nitrogens is 1. The minimum atomic E-state index is 0.121. The maximum Gasteiger partial charge on any atom is 0.234 e. The van der Waals surface area contributed by atoms with Crippen LogP contribution in [0.5, 0.6) is 11.6 Å². The number of ether oxygens (including phenoxy) is 1. The Kier molecular flexibility index (Phi) is 2.83. The van der Waals surface area contributed by atoms with Crippen LogP contribution in [0, 0.1) is 13.8 Å². The highest BCUT2D eigenvalue weighted by Gasteiger charge is 2.11. The first-order valence-corrected chi connectivity index (χ1v) is 6.12. The van der Waals surface area contributed by atoms with Gasteiger partial charge in [-0.15, -0.1) is 0 Å². The number of nitrogens with one attached hydrogen (secondary N) is 1. The Bertz CT molecular complexity index is 733. The number of aryl methyl sites for hydroxylation is 2. The Labute approximate surface area is 114 Å². The van der Waals surface area contributed by atoms with Crippen LogP contribution in [-0.4, -0.2) is 20.2 Å². The third-order valence-electron chi connectivity index (χ3n) is 2.66. The molecule has 0 saturated carbocycles. The largest absolute Gasteiger partial charge is 0.438 e. The van der Waals surface area contributed by atoms with Gasteiger partial charge in [-0.05, 0) is 48.7 Å². The van der Waals surface area contributed by atoms with Gasteiger partial charge in [0.1, 0.15) is 11.1 Å². The number of fused-ring (bicyclic) bond motifs is 1. The number of benzene rings is 1. The number of halogens is 1. The fourth-order valence-corrected chi connectivity index (χ4v) is 2.12. The van der Waals surface area contributed by atoms with Crippen molar-refractivity contribution in [3.8, 4) is 11.6 Å². The Morgan fingerprint density at radius 3 is 2.58 bits per heavy atom. The molecule has 5 nitrogen and oxygen atoms in total. The van der Waals surface area contributed by atoms with Crippen molar-refractivity contribution in [1.29, 1.82) is 0 Å².